The number of fused-ring (bicyclic) bond motifs is 4. The van der Waals surface area contributed by atoms with Crippen LogP contribution in [-0.4, -0.2) is 23.5 Å². The average Bonchev–Trinajstić information content (AvgIpc) is 2.39. The maximum absolute atomic E-state index is 2.79. The molecule has 1 heterocycles. The fraction of sp³-hybridized carbons (Fsp3) is 1.00. The lowest BCUT2D eigenvalue weighted by Gasteiger charge is -2.67. The zero-order valence-electron chi connectivity index (χ0n) is 10.8. The van der Waals surface area contributed by atoms with Crippen molar-refractivity contribution in [3.63, 3.8) is 0 Å². The summed E-state index contributed by atoms with van der Waals surface area (Å²) in [6, 6.07) is 1.78. The number of hydrogen-bond acceptors (Lipinski definition) is 1. The maximum Gasteiger partial charge on any atom is 0.0166 e. The lowest BCUT2D eigenvalue weighted by atomic mass is 9.40. The van der Waals surface area contributed by atoms with E-state index < -0.39 is 0 Å². The maximum atomic E-state index is 2.79. The molecule has 0 bridgehead atoms. The van der Waals surface area contributed by atoms with E-state index in [9.17, 15) is 0 Å². The van der Waals surface area contributed by atoms with Crippen molar-refractivity contribution in [3.8, 4) is 0 Å². The standard InChI is InChI=1S/C14H25N/c1-6-15-10(5)9(4)13-11-7(2)8(3)12(11)14(13)15/h7-14H,6H2,1-5H3/t7-,8+,9+,10-,11-,12+,13-,14+/m0/s1. The van der Waals surface area contributed by atoms with Gasteiger partial charge in [-0.05, 0) is 49.0 Å². The lowest BCUT2D eigenvalue weighted by molar-refractivity contribution is -0.183. The van der Waals surface area contributed by atoms with E-state index in [1.54, 1.807) is 0 Å². The summed E-state index contributed by atoms with van der Waals surface area (Å²) in [5, 5.41) is 0. The van der Waals surface area contributed by atoms with Gasteiger partial charge in [0.05, 0.1) is 0 Å². The van der Waals surface area contributed by atoms with Crippen LogP contribution in [0.1, 0.15) is 34.6 Å². The zero-order valence-corrected chi connectivity index (χ0v) is 10.8. The first kappa shape index (κ1) is 10.1. The van der Waals surface area contributed by atoms with Crippen LogP contribution in [0.5, 0.6) is 0 Å². The first-order chi connectivity index (χ1) is 7.09. The molecule has 1 aliphatic heterocycles. The second-order valence-corrected chi connectivity index (χ2v) is 6.37. The van der Waals surface area contributed by atoms with E-state index in [1.165, 1.54) is 6.54 Å². The van der Waals surface area contributed by atoms with E-state index in [-0.39, 0.29) is 0 Å². The molecule has 8 atom stereocenters. The van der Waals surface area contributed by atoms with Crippen LogP contribution in [0.2, 0.25) is 0 Å². The van der Waals surface area contributed by atoms with Gasteiger partial charge in [-0.25, -0.2) is 0 Å². The fourth-order valence-electron chi connectivity index (χ4n) is 5.24. The molecule has 0 N–H and O–H groups in total. The van der Waals surface area contributed by atoms with Gasteiger partial charge in [0.1, 0.15) is 0 Å². The second-order valence-electron chi connectivity index (χ2n) is 6.37. The molecule has 1 saturated heterocycles. The molecule has 0 aromatic heterocycles. The van der Waals surface area contributed by atoms with Gasteiger partial charge in [-0.3, -0.25) is 4.90 Å². The Morgan fingerprint density at radius 1 is 0.800 bits per heavy atom. The van der Waals surface area contributed by atoms with Gasteiger partial charge in [-0.2, -0.15) is 0 Å². The van der Waals surface area contributed by atoms with Crippen LogP contribution in [0.15, 0.2) is 0 Å². The van der Waals surface area contributed by atoms with Crippen LogP contribution in [0.4, 0.5) is 0 Å². The molecule has 86 valence electrons. The number of rotatable bonds is 1. The van der Waals surface area contributed by atoms with Gasteiger partial charge < -0.3 is 0 Å². The second kappa shape index (κ2) is 3.00. The third-order valence-corrected chi connectivity index (χ3v) is 6.36. The van der Waals surface area contributed by atoms with E-state index in [0.717, 1.165) is 47.6 Å². The third kappa shape index (κ3) is 0.945. The molecule has 2 saturated carbocycles. The monoisotopic (exact) mass is 207 g/mol. The minimum Gasteiger partial charge on any atom is -0.297 e. The number of hydrogen-bond donors (Lipinski definition) is 0. The predicted molar refractivity (Wildman–Crippen MR) is 63.6 cm³/mol. The SMILES string of the molecule is CCN1[C@@H]2[C@@H]3[C@H](C)[C@H](C)[C@@H]3[C@@H]2[C@H](C)[C@@H]1C. The summed E-state index contributed by atoms with van der Waals surface area (Å²) >= 11 is 0. The highest BCUT2D eigenvalue weighted by Crippen LogP contribution is 2.67. The molecule has 0 radical (unpaired) electrons. The fourth-order valence-corrected chi connectivity index (χ4v) is 5.24. The molecule has 1 nitrogen and oxygen atoms in total. The Morgan fingerprint density at radius 2 is 1.33 bits per heavy atom. The largest absolute Gasteiger partial charge is 0.297 e. The summed E-state index contributed by atoms with van der Waals surface area (Å²) in [7, 11) is 0. The van der Waals surface area contributed by atoms with Crippen molar-refractivity contribution in [1.29, 1.82) is 0 Å². The minimum atomic E-state index is 0.829. The van der Waals surface area contributed by atoms with Crippen molar-refractivity contribution < 1.29 is 0 Å². The summed E-state index contributed by atoms with van der Waals surface area (Å²) in [5.74, 6) is 6.10. The first-order valence-electron chi connectivity index (χ1n) is 6.85. The molecule has 1 heteroatoms. The Kier molecular flexibility index (Phi) is 2.03. The van der Waals surface area contributed by atoms with Crippen molar-refractivity contribution >= 4 is 0 Å². The van der Waals surface area contributed by atoms with Crippen molar-refractivity contribution in [2.24, 2.45) is 35.5 Å². The van der Waals surface area contributed by atoms with Crippen LogP contribution in [0, 0.1) is 35.5 Å². The van der Waals surface area contributed by atoms with E-state index >= 15 is 0 Å². The van der Waals surface area contributed by atoms with Gasteiger partial charge in [0, 0.05) is 12.1 Å². The normalized spacial score (nSPS) is 63.0. The highest BCUT2D eigenvalue weighted by atomic mass is 15.2. The van der Waals surface area contributed by atoms with E-state index in [1.807, 2.05) is 0 Å². The molecule has 3 aliphatic rings. The molecular weight excluding hydrogens is 182 g/mol. The van der Waals surface area contributed by atoms with Gasteiger partial charge >= 0.3 is 0 Å². The zero-order chi connectivity index (χ0) is 10.9. The Balaban J connectivity index is 1.86. The van der Waals surface area contributed by atoms with Crippen molar-refractivity contribution in [1.82, 2.24) is 4.90 Å². The van der Waals surface area contributed by atoms with Crippen molar-refractivity contribution in [3.05, 3.63) is 0 Å². The van der Waals surface area contributed by atoms with Crippen LogP contribution in [0.3, 0.4) is 0 Å². The third-order valence-electron chi connectivity index (χ3n) is 6.36. The first-order valence-corrected chi connectivity index (χ1v) is 6.85. The molecule has 0 aromatic carbocycles. The summed E-state index contributed by atoms with van der Waals surface area (Å²) in [5.41, 5.74) is 0. The van der Waals surface area contributed by atoms with Crippen LogP contribution >= 0.6 is 0 Å². The quantitative estimate of drug-likeness (QED) is 0.639. The van der Waals surface area contributed by atoms with Gasteiger partial charge in [-0.1, -0.05) is 27.7 Å². The summed E-state index contributed by atoms with van der Waals surface area (Å²) in [6.07, 6.45) is 0. The Bertz CT molecular complexity index is 275. The van der Waals surface area contributed by atoms with Crippen LogP contribution < -0.4 is 0 Å². The predicted octanol–water partition coefficient (Wildman–Crippen LogP) is 2.86. The summed E-state index contributed by atoms with van der Waals surface area (Å²) in [4.78, 5) is 2.79. The van der Waals surface area contributed by atoms with Crippen LogP contribution in [0.25, 0.3) is 0 Å². The minimum absolute atomic E-state index is 0.829. The lowest BCUT2D eigenvalue weighted by Crippen LogP contribution is -2.68. The topological polar surface area (TPSA) is 3.24 Å². The molecule has 3 rings (SSSR count). The molecule has 0 unspecified atom stereocenters. The van der Waals surface area contributed by atoms with Gasteiger partial charge in [0.15, 0.2) is 0 Å². The number of nitrogens with zero attached hydrogens (tertiary/aromatic N) is 1. The van der Waals surface area contributed by atoms with Crippen molar-refractivity contribution in [2.75, 3.05) is 6.54 Å². The molecule has 0 spiro atoms. The average molecular weight is 207 g/mol. The smallest absolute Gasteiger partial charge is 0.0166 e. The molecular formula is C14H25N. The van der Waals surface area contributed by atoms with E-state index in [2.05, 4.69) is 39.5 Å². The molecule has 3 fully saturated rings. The van der Waals surface area contributed by atoms with Gasteiger partial charge in [0.25, 0.3) is 0 Å². The Hall–Kier alpha value is -0.0400. The Labute approximate surface area is 94.2 Å². The Morgan fingerprint density at radius 3 is 1.93 bits per heavy atom. The molecule has 0 amide bonds. The van der Waals surface area contributed by atoms with E-state index in [4.69, 9.17) is 0 Å². The van der Waals surface area contributed by atoms with Crippen LogP contribution in [-0.2, 0) is 0 Å². The summed E-state index contributed by atoms with van der Waals surface area (Å²) in [6.45, 7) is 13.5. The summed E-state index contributed by atoms with van der Waals surface area (Å²) < 4.78 is 0. The van der Waals surface area contributed by atoms with Gasteiger partial charge in [0.2, 0.25) is 0 Å². The van der Waals surface area contributed by atoms with Gasteiger partial charge in [-0.15, -0.1) is 0 Å². The van der Waals surface area contributed by atoms with E-state index in [0.29, 0.717) is 0 Å². The van der Waals surface area contributed by atoms with Crippen molar-refractivity contribution in [2.45, 2.75) is 46.7 Å². The molecule has 15 heavy (non-hydrogen) atoms. The molecule has 2 aliphatic carbocycles. The number of likely N-dealkylation sites (tertiary alicyclic amines) is 1. The highest BCUT2D eigenvalue weighted by molar-refractivity contribution is 5.19. The molecule has 0 aromatic rings. The highest BCUT2D eigenvalue weighted by Gasteiger charge is 2.69.